The summed E-state index contributed by atoms with van der Waals surface area (Å²) in [4.78, 5) is 12.9. The van der Waals surface area contributed by atoms with Crippen molar-refractivity contribution in [3.63, 3.8) is 0 Å². The number of nitrogens with one attached hydrogen (secondary N) is 1. The normalized spacial score (nSPS) is 45.0. The average Bonchev–Trinajstić information content (AvgIpc) is 3.15. The number of hydrogen-bond acceptors (Lipinski definition) is 5. The standard InChI is InChI=1S/C30H53NO4/c1-8-34-25-16-20-10-11-21-22-12-13-23(28(32)33-7)30(22,6)17-24(31-15-14-19(3)4)27(21)29(20,5)18-26(25)35-9-2/h19-27,31H,8-18H2,1-7H3/t20?,21-,22-,23?,24?,25?,26?,27-,29-,30-/m0/s1. The highest BCUT2D eigenvalue weighted by Crippen LogP contribution is 2.67. The minimum absolute atomic E-state index is 0.0166. The van der Waals surface area contributed by atoms with Gasteiger partial charge in [-0.3, -0.25) is 4.79 Å². The molecule has 35 heavy (non-hydrogen) atoms. The summed E-state index contributed by atoms with van der Waals surface area (Å²) in [6, 6.07) is 0.448. The number of hydrogen-bond donors (Lipinski definition) is 1. The molecule has 0 saturated heterocycles. The highest BCUT2D eigenvalue weighted by atomic mass is 16.5. The van der Waals surface area contributed by atoms with E-state index in [0.29, 0.717) is 35.6 Å². The Labute approximate surface area is 214 Å². The van der Waals surface area contributed by atoms with E-state index in [4.69, 9.17) is 14.2 Å². The molecule has 0 aliphatic heterocycles. The minimum atomic E-state index is 0.0166. The molecule has 0 amide bonds. The van der Waals surface area contributed by atoms with Crippen LogP contribution in [-0.4, -0.2) is 51.1 Å². The summed E-state index contributed by atoms with van der Waals surface area (Å²) in [6.07, 6.45) is 9.68. The second-order valence-corrected chi connectivity index (χ2v) is 13.1. The molecule has 0 spiro atoms. The maximum atomic E-state index is 12.9. The van der Waals surface area contributed by atoms with E-state index >= 15 is 0 Å². The molecule has 0 aromatic carbocycles. The van der Waals surface area contributed by atoms with Crippen LogP contribution >= 0.6 is 0 Å². The first-order valence-corrected chi connectivity index (χ1v) is 14.7. The van der Waals surface area contributed by atoms with Crippen LogP contribution in [0.25, 0.3) is 0 Å². The van der Waals surface area contributed by atoms with Crippen molar-refractivity contribution in [3.05, 3.63) is 0 Å². The number of carbonyl (C=O) groups excluding carboxylic acids is 1. The lowest BCUT2D eigenvalue weighted by molar-refractivity contribution is -0.190. The molecular formula is C30H53NO4. The van der Waals surface area contributed by atoms with Gasteiger partial charge < -0.3 is 19.5 Å². The average molecular weight is 492 g/mol. The Hall–Kier alpha value is -0.650. The number of esters is 1. The summed E-state index contributed by atoms with van der Waals surface area (Å²) < 4.78 is 17.9. The largest absolute Gasteiger partial charge is 0.469 e. The highest BCUT2D eigenvalue weighted by molar-refractivity contribution is 5.74. The van der Waals surface area contributed by atoms with Crippen LogP contribution < -0.4 is 5.32 Å². The van der Waals surface area contributed by atoms with Crippen molar-refractivity contribution >= 4 is 5.97 Å². The predicted octanol–water partition coefficient (Wildman–Crippen LogP) is 5.85. The van der Waals surface area contributed by atoms with Crippen molar-refractivity contribution < 1.29 is 19.0 Å². The predicted molar refractivity (Wildman–Crippen MR) is 140 cm³/mol. The quantitative estimate of drug-likeness (QED) is 0.410. The van der Waals surface area contributed by atoms with Gasteiger partial charge in [0.15, 0.2) is 0 Å². The van der Waals surface area contributed by atoms with Crippen LogP contribution in [0, 0.1) is 46.3 Å². The van der Waals surface area contributed by atoms with Crippen molar-refractivity contribution in [1.29, 1.82) is 0 Å². The van der Waals surface area contributed by atoms with Gasteiger partial charge in [-0.2, -0.15) is 0 Å². The lowest BCUT2D eigenvalue weighted by Gasteiger charge is -2.64. The van der Waals surface area contributed by atoms with Gasteiger partial charge >= 0.3 is 5.97 Å². The van der Waals surface area contributed by atoms with Crippen molar-refractivity contribution in [2.75, 3.05) is 26.9 Å². The molecule has 5 heteroatoms. The molecule has 4 aliphatic rings. The van der Waals surface area contributed by atoms with Crippen LogP contribution in [0.3, 0.4) is 0 Å². The molecule has 0 bridgehead atoms. The fourth-order valence-corrected chi connectivity index (χ4v) is 9.48. The summed E-state index contributed by atoms with van der Waals surface area (Å²) in [6.45, 7) is 16.4. The lowest BCUT2D eigenvalue weighted by atomic mass is 9.43. The number of rotatable bonds is 9. The number of methoxy groups -OCH3 is 1. The van der Waals surface area contributed by atoms with Crippen LogP contribution in [0.2, 0.25) is 0 Å². The van der Waals surface area contributed by atoms with Crippen molar-refractivity contribution in [2.45, 2.75) is 111 Å². The molecule has 0 radical (unpaired) electrons. The number of ether oxygens (including phenoxy) is 3. The minimum Gasteiger partial charge on any atom is -0.469 e. The van der Waals surface area contributed by atoms with Gasteiger partial charge in [-0.05, 0) is 112 Å². The summed E-state index contributed by atoms with van der Waals surface area (Å²) in [7, 11) is 1.57. The van der Waals surface area contributed by atoms with Gasteiger partial charge in [0, 0.05) is 19.3 Å². The fourth-order valence-electron chi connectivity index (χ4n) is 9.48. The van der Waals surface area contributed by atoms with E-state index in [1.165, 1.54) is 25.7 Å². The molecule has 4 rings (SSSR count). The molecule has 0 heterocycles. The monoisotopic (exact) mass is 491 g/mol. The molecule has 4 fully saturated rings. The third kappa shape index (κ3) is 4.95. The maximum absolute atomic E-state index is 12.9. The van der Waals surface area contributed by atoms with Crippen molar-refractivity contribution in [2.24, 2.45) is 46.3 Å². The molecule has 4 aliphatic carbocycles. The van der Waals surface area contributed by atoms with E-state index in [1.807, 2.05) is 0 Å². The number of carbonyl (C=O) groups is 1. The zero-order chi connectivity index (χ0) is 25.4. The fraction of sp³-hybridized carbons (Fsp3) is 0.967. The molecule has 10 atom stereocenters. The molecule has 202 valence electrons. The molecule has 1 N–H and O–H groups in total. The summed E-state index contributed by atoms with van der Waals surface area (Å²) >= 11 is 0. The van der Waals surface area contributed by atoms with E-state index in [-0.39, 0.29) is 34.9 Å². The summed E-state index contributed by atoms with van der Waals surface area (Å²) in [5.41, 5.74) is 0.283. The Bertz CT molecular complexity index is 727. The Morgan fingerprint density at radius 3 is 2.34 bits per heavy atom. The van der Waals surface area contributed by atoms with Crippen molar-refractivity contribution in [1.82, 2.24) is 5.32 Å². The van der Waals surface area contributed by atoms with Crippen LogP contribution in [0.1, 0.15) is 92.9 Å². The maximum Gasteiger partial charge on any atom is 0.309 e. The number of fused-ring (bicyclic) bond motifs is 5. The zero-order valence-electron chi connectivity index (χ0n) is 23.6. The molecular weight excluding hydrogens is 438 g/mol. The van der Waals surface area contributed by atoms with Crippen LogP contribution in [0.15, 0.2) is 0 Å². The van der Waals surface area contributed by atoms with E-state index in [9.17, 15) is 4.79 Å². The lowest BCUT2D eigenvalue weighted by Crippen LogP contribution is -2.64. The van der Waals surface area contributed by atoms with Gasteiger partial charge in [-0.25, -0.2) is 0 Å². The van der Waals surface area contributed by atoms with Gasteiger partial charge in [-0.1, -0.05) is 27.7 Å². The first-order valence-electron chi connectivity index (χ1n) is 14.7. The van der Waals surface area contributed by atoms with Crippen LogP contribution in [0.4, 0.5) is 0 Å². The van der Waals surface area contributed by atoms with Crippen molar-refractivity contribution in [3.8, 4) is 0 Å². The van der Waals surface area contributed by atoms with Gasteiger partial charge in [0.05, 0.1) is 25.2 Å². The SMILES string of the molecule is CCOC1CC2CC[C@@H]3[C@@H](C(NCCC(C)C)C[C@]4(C)C(C(=O)OC)CC[C@@H]34)[C@@]2(C)CC1OCC. The van der Waals surface area contributed by atoms with E-state index in [1.54, 1.807) is 7.11 Å². The second kappa shape index (κ2) is 11.0. The second-order valence-electron chi connectivity index (χ2n) is 13.1. The summed E-state index contributed by atoms with van der Waals surface area (Å²) in [5.74, 6) is 3.37. The molecule has 0 aromatic rings. The topological polar surface area (TPSA) is 56.8 Å². The van der Waals surface area contributed by atoms with Crippen LogP contribution in [0.5, 0.6) is 0 Å². The third-order valence-corrected chi connectivity index (χ3v) is 11.0. The Morgan fingerprint density at radius 1 is 0.971 bits per heavy atom. The first-order chi connectivity index (χ1) is 16.7. The van der Waals surface area contributed by atoms with E-state index in [0.717, 1.165) is 45.4 Å². The van der Waals surface area contributed by atoms with E-state index in [2.05, 4.69) is 46.9 Å². The Morgan fingerprint density at radius 2 is 1.69 bits per heavy atom. The smallest absolute Gasteiger partial charge is 0.309 e. The van der Waals surface area contributed by atoms with Gasteiger partial charge in [0.25, 0.3) is 0 Å². The first kappa shape index (κ1) is 27.4. The molecule has 4 saturated carbocycles. The van der Waals surface area contributed by atoms with Gasteiger partial charge in [0.1, 0.15) is 0 Å². The van der Waals surface area contributed by atoms with E-state index < -0.39 is 0 Å². The van der Waals surface area contributed by atoms with Gasteiger partial charge in [0.2, 0.25) is 0 Å². The Kier molecular flexibility index (Phi) is 8.60. The molecule has 5 nitrogen and oxygen atoms in total. The zero-order valence-corrected chi connectivity index (χ0v) is 23.6. The summed E-state index contributed by atoms with van der Waals surface area (Å²) in [5, 5.41) is 4.08. The highest BCUT2D eigenvalue weighted by Gasteiger charge is 2.65. The third-order valence-electron chi connectivity index (χ3n) is 11.0. The molecule has 0 aromatic heterocycles. The van der Waals surface area contributed by atoms with Crippen LogP contribution in [-0.2, 0) is 19.0 Å². The van der Waals surface area contributed by atoms with Gasteiger partial charge in [-0.15, -0.1) is 0 Å². The Balaban J connectivity index is 1.66. The molecule has 5 unspecified atom stereocenters.